The maximum Gasteiger partial charge on any atom is 0.257 e. The van der Waals surface area contributed by atoms with E-state index in [0.717, 1.165) is 0 Å². The van der Waals surface area contributed by atoms with Gasteiger partial charge in [0.05, 0.1) is 46.5 Å². The van der Waals surface area contributed by atoms with Gasteiger partial charge in [-0.2, -0.15) is 15.1 Å². The zero-order valence-corrected chi connectivity index (χ0v) is 24.5. The molecule has 2 aromatic heterocycles. The number of pyridine rings is 1. The third-order valence-electron chi connectivity index (χ3n) is 8.04. The van der Waals surface area contributed by atoms with Gasteiger partial charge in [0.2, 0.25) is 11.4 Å². The van der Waals surface area contributed by atoms with Crippen molar-refractivity contribution in [3.63, 3.8) is 0 Å². The first-order valence-corrected chi connectivity index (χ1v) is 14.3. The predicted octanol–water partition coefficient (Wildman–Crippen LogP) is 4.95. The van der Waals surface area contributed by atoms with Gasteiger partial charge in [0.25, 0.3) is 5.91 Å². The van der Waals surface area contributed by atoms with E-state index in [1.165, 1.54) is 41.6 Å². The van der Waals surface area contributed by atoms with Gasteiger partial charge in [-0.1, -0.05) is 35.3 Å². The maximum atomic E-state index is 16.5. The summed E-state index contributed by atoms with van der Waals surface area (Å²) in [5, 5.41) is 38.2. The number of carbonyl (C=O) groups excluding carboxylic acids is 1. The Labute approximate surface area is 256 Å². The van der Waals surface area contributed by atoms with E-state index in [1.807, 2.05) is 0 Å². The Hall–Kier alpha value is -4.01. The summed E-state index contributed by atoms with van der Waals surface area (Å²) in [5.74, 6) is -1.33. The highest BCUT2D eigenvalue weighted by Crippen LogP contribution is 2.52. The second-order valence-corrected chi connectivity index (χ2v) is 11.9. The number of rotatable bonds is 9. The third-order valence-corrected chi connectivity index (χ3v) is 8.53. The van der Waals surface area contributed by atoms with Crippen LogP contribution in [0.15, 0.2) is 67.1 Å². The molecule has 0 radical (unpaired) electrons. The Bertz CT molecular complexity index is 1770. The molecule has 3 heterocycles. The Morgan fingerprint density at radius 2 is 1.95 bits per heavy atom. The normalized spacial score (nSPS) is 19.3. The molecule has 1 N–H and O–H groups in total. The van der Waals surface area contributed by atoms with Gasteiger partial charge in [-0.15, -0.1) is 0 Å². The van der Waals surface area contributed by atoms with E-state index in [0.29, 0.717) is 39.3 Å². The van der Waals surface area contributed by atoms with Crippen LogP contribution in [0.1, 0.15) is 57.3 Å². The largest absolute Gasteiger partial charge is 0.618 e. The maximum absolute atomic E-state index is 16.5. The zero-order valence-electron chi connectivity index (χ0n) is 23.0. The molecule has 2 aliphatic rings. The molecule has 220 valence electrons. The van der Waals surface area contributed by atoms with Crippen molar-refractivity contribution in [3.8, 4) is 6.07 Å². The van der Waals surface area contributed by atoms with Gasteiger partial charge in [-0.3, -0.25) is 14.4 Å². The first kappa shape index (κ1) is 29.1. The third kappa shape index (κ3) is 5.23. The lowest BCUT2D eigenvalue weighted by Gasteiger charge is -2.39. The quantitative estimate of drug-likeness (QED) is 0.209. The van der Waals surface area contributed by atoms with E-state index in [4.69, 9.17) is 27.9 Å². The fraction of sp³-hybridized carbons (Fsp3) is 0.290. The minimum atomic E-state index is -1.84. The number of fused-ring (bicyclic) bond motifs is 1. The Morgan fingerprint density at radius 3 is 2.60 bits per heavy atom. The van der Waals surface area contributed by atoms with Crippen molar-refractivity contribution in [1.29, 1.82) is 5.26 Å². The van der Waals surface area contributed by atoms with Crippen LogP contribution in [0, 0.1) is 27.8 Å². The number of aryl methyl sites for hydroxylation is 1. The lowest BCUT2D eigenvalue weighted by molar-refractivity contribution is -0.615. The van der Waals surface area contributed by atoms with Gasteiger partial charge in [-0.25, -0.2) is 4.39 Å². The van der Waals surface area contributed by atoms with Gasteiger partial charge in [0, 0.05) is 47.9 Å². The number of carbonyl (C=O) groups is 1. The van der Waals surface area contributed by atoms with Crippen molar-refractivity contribution >= 4 is 29.1 Å². The van der Waals surface area contributed by atoms with Crippen molar-refractivity contribution in [2.75, 3.05) is 6.61 Å². The fourth-order valence-corrected chi connectivity index (χ4v) is 5.84. The van der Waals surface area contributed by atoms with Crippen molar-refractivity contribution in [1.82, 2.24) is 14.7 Å². The molecule has 0 spiro atoms. The minimum absolute atomic E-state index is 0.0182. The molecule has 0 bridgehead atoms. The Balaban J connectivity index is 1.51. The topological polar surface area (TPSA) is 118 Å². The molecule has 9 nitrogen and oxygen atoms in total. The number of aromatic nitrogens is 3. The number of ether oxygens (including phenoxy) is 1. The van der Waals surface area contributed by atoms with Crippen molar-refractivity contribution in [2.24, 2.45) is 12.5 Å². The predicted molar refractivity (Wildman–Crippen MR) is 154 cm³/mol. The average molecular weight is 622 g/mol. The smallest absolute Gasteiger partial charge is 0.257 e. The van der Waals surface area contributed by atoms with E-state index < -0.39 is 29.0 Å². The molecule has 12 heteroatoms. The van der Waals surface area contributed by atoms with Crippen LogP contribution in [0.25, 0.3) is 0 Å². The molecule has 1 aliphatic heterocycles. The summed E-state index contributed by atoms with van der Waals surface area (Å²) >= 11 is 12.4. The minimum Gasteiger partial charge on any atom is -0.618 e. The molecule has 1 fully saturated rings. The summed E-state index contributed by atoms with van der Waals surface area (Å²) in [5.41, 5.74) is -1.20. The average Bonchev–Trinajstić information content (AvgIpc) is 3.57. The van der Waals surface area contributed by atoms with Crippen molar-refractivity contribution < 1.29 is 23.8 Å². The number of halogens is 3. The first-order valence-electron chi connectivity index (χ1n) is 13.6. The molecule has 0 saturated heterocycles. The number of aliphatic hydroxyl groups excluding tert-OH is 1. The Kier molecular flexibility index (Phi) is 7.39. The fourth-order valence-electron chi connectivity index (χ4n) is 5.53. The van der Waals surface area contributed by atoms with E-state index in [-0.39, 0.29) is 41.4 Å². The van der Waals surface area contributed by atoms with Crippen LogP contribution in [0.5, 0.6) is 0 Å². The van der Waals surface area contributed by atoms with E-state index in [9.17, 15) is 20.4 Å². The lowest BCUT2D eigenvalue weighted by atomic mass is 9.90. The molecule has 2 unspecified atom stereocenters. The summed E-state index contributed by atoms with van der Waals surface area (Å²) in [6.45, 7) is -0.365. The standard InChI is InChI=1S/C31H26Cl2FN5O4/c1-37-15-20(14-36-37)27(40)12-19-10-25-28(26(34)11-19)31(21-2-4-22(32)5-3-21,43-18-30(17-35)7-8-30)38(29(25)41)16-24-13-23(33)6-9-39(24)42/h2-6,9-11,13-15,27,40H,7-8,12,16,18H2,1H3. The van der Waals surface area contributed by atoms with Crippen LogP contribution in [0.4, 0.5) is 4.39 Å². The summed E-state index contributed by atoms with van der Waals surface area (Å²) in [6.07, 6.45) is 4.63. The highest BCUT2D eigenvalue weighted by atomic mass is 35.5. The van der Waals surface area contributed by atoms with Crippen molar-refractivity contribution in [3.05, 3.63) is 122 Å². The van der Waals surface area contributed by atoms with Crippen LogP contribution in [-0.4, -0.2) is 32.3 Å². The van der Waals surface area contributed by atoms with Crippen molar-refractivity contribution in [2.45, 2.75) is 37.6 Å². The number of amides is 1. The number of nitriles is 1. The molecule has 43 heavy (non-hydrogen) atoms. The summed E-state index contributed by atoms with van der Waals surface area (Å²) in [7, 11) is 1.72. The molecule has 2 atom stereocenters. The monoisotopic (exact) mass is 621 g/mol. The van der Waals surface area contributed by atoms with Gasteiger partial charge in [0.1, 0.15) is 12.4 Å². The SMILES string of the molecule is Cn1cc(C(O)Cc2cc(F)c3c(c2)C(=O)N(Cc2cc(Cl)cc[n+]2[O-])C3(OCC2(C#N)CC2)c2ccc(Cl)cc2)cn1. The van der Waals surface area contributed by atoms with Crippen LogP contribution in [0.2, 0.25) is 10.0 Å². The molecule has 4 aromatic rings. The highest BCUT2D eigenvalue weighted by molar-refractivity contribution is 6.30. The van der Waals surface area contributed by atoms with E-state index in [2.05, 4.69) is 11.2 Å². The molecule has 1 aliphatic carbocycles. The first-order chi connectivity index (χ1) is 20.5. The molecular formula is C31H26Cl2FN5O4. The number of nitrogens with zero attached hydrogens (tertiary/aromatic N) is 5. The number of hydrogen-bond donors (Lipinski definition) is 1. The van der Waals surface area contributed by atoms with E-state index >= 15 is 4.39 Å². The number of benzene rings is 2. The highest BCUT2D eigenvalue weighted by Gasteiger charge is 2.57. The molecule has 6 rings (SSSR count). The summed E-state index contributed by atoms with van der Waals surface area (Å²) < 4.78 is 25.2. The van der Waals surface area contributed by atoms with Crippen LogP contribution in [-0.2, 0) is 30.5 Å². The molecule has 2 aromatic carbocycles. The zero-order chi connectivity index (χ0) is 30.5. The van der Waals surface area contributed by atoms with Gasteiger partial charge >= 0.3 is 0 Å². The second kappa shape index (κ2) is 10.9. The van der Waals surface area contributed by atoms with Gasteiger partial charge in [-0.05, 0) is 42.7 Å². The molecule has 1 saturated carbocycles. The summed E-state index contributed by atoms with van der Waals surface area (Å²) in [6, 6.07) is 14.4. The van der Waals surface area contributed by atoms with Gasteiger partial charge in [0.15, 0.2) is 6.20 Å². The Morgan fingerprint density at radius 1 is 1.21 bits per heavy atom. The summed E-state index contributed by atoms with van der Waals surface area (Å²) in [4.78, 5) is 15.6. The molecule has 1 amide bonds. The van der Waals surface area contributed by atoms with Crippen LogP contribution >= 0.6 is 23.2 Å². The van der Waals surface area contributed by atoms with Gasteiger partial charge < -0.3 is 15.1 Å². The number of hydrogen-bond acceptors (Lipinski definition) is 6. The van der Waals surface area contributed by atoms with E-state index in [1.54, 1.807) is 42.2 Å². The lowest BCUT2D eigenvalue weighted by Crippen LogP contribution is -2.49. The van der Waals surface area contributed by atoms with Crippen LogP contribution < -0.4 is 4.73 Å². The van der Waals surface area contributed by atoms with Crippen LogP contribution in [0.3, 0.4) is 0 Å². The molecular weight excluding hydrogens is 596 g/mol. The second-order valence-electron chi connectivity index (χ2n) is 11.1. The number of aliphatic hydroxyl groups is 1.